The van der Waals surface area contributed by atoms with Crippen molar-refractivity contribution in [1.82, 2.24) is 15.2 Å². The minimum Gasteiger partial charge on any atom is -0.345 e. The first kappa shape index (κ1) is 16.6. The normalized spacial score (nSPS) is 12.2. The van der Waals surface area contributed by atoms with E-state index in [0.29, 0.717) is 0 Å². The Morgan fingerprint density at radius 1 is 1.41 bits per heavy atom. The molecule has 0 radical (unpaired) electrons. The van der Waals surface area contributed by atoms with E-state index >= 15 is 0 Å². The summed E-state index contributed by atoms with van der Waals surface area (Å²) in [6, 6.07) is 7.96. The molecule has 0 aliphatic carbocycles. The number of nitrogens with one attached hydrogen (secondary N) is 1. The minimum absolute atomic E-state index is 0.0300. The third-order valence-electron chi connectivity index (χ3n) is 3.48. The molecule has 0 bridgehead atoms. The lowest BCUT2D eigenvalue weighted by molar-refractivity contribution is 0.0827. The molecule has 2 rings (SSSR count). The topological polar surface area (TPSA) is 45.2 Å². The lowest BCUT2D eigenvalue weighted by atomic mass is 10.1. The van der Waals surface area contributed by atoms with Gasteiger partial charge in [0.15, 0.2) is 0 Å². The molecule has 4 nitrogen and oxygen atoms in total. The number of rotatable bonds is 6. The van der Waals surface area contributed by atoms with E-state index in [2.05, 4.69) is 24.1 Å². The third kappa shape index (κ3) is 4.15. The Hall–Kier alpha value is -1.72. The van der Waals surface area contributed by atoms with E-state index in [1.54, 1.807) is 30.3 Å². The third-order valence-corrected chi connectivity index (χ3v) is 4.81. The molecule has 1 aromatic heterocycles. The van der Waals surface area contributed by atoms with E-state index in [0.717, 1.165) is 29.1 Å². The molecule has 0 aliphatic rings. The van der Waals surface area contributed by atoms with Crippen molar-refractivity contribution in [2.45, 2.75) is 32.9 Å². The van der Waals surface area contributed by atoms with Crippen LogP contribution in [0.5, 0.6) is 0 Å². The van der Waals surface area contributed by atoms with E-state index in [1.165, 1.54) is 4.88 Å². The molecule has 22 heavy (non-hydrogen) atoms. The Balaban J connectivity index is 1.99. The van der Waals surface area contributed by atoms with E-state index in [1.807, 2.05) is 30.5 Å². The molecule has 1 unspecified atom stereocenters. The van der Waals surface area contributed by atoms with Crippen LogP contribution in [0.2, 0.25) is 0 Å². The van der Waals surface area contributed by atoms with Gasteiger partial charge in [-0.05, 0) is 31.0 Å². The first-order valence-electron chi connectivity index (χ1n) is 7.49. The Kier molecular flexibility index (Phi) is 5.69. The van der Waals surface area contributed by atoms with Crippen molar-refractivity contribution in [2.75, 3.05) is 14.1 Å². The monoisotopic (exact) mass is 317 g/mol. The van der Waals surface area contributed by atoms with Crippen LogP contribution in [-0.4, -0.2) is 29.9 Å². The van der Waals surface area contributed by atoms with Crippen molar-refractivity contribution in [2.24, 2.45) is 0 Å². The number of hydrogen-bond donors (Lipinski definition) is 1. The molecule has 1 atom stereocenters. The number of hydrogen-bond acceptors (Lipinski definition) is 4. The van der Waals surface area contributed by atoms with E-state index in [-0.39, 0.29) is 11.9 Å². The summed E-state index contributed by atoms with van der Waals surface area (Å²) in [5.41, 5.74) is 1.83. The van der Waals surface area contributed by atoms with Crippen LogP contribution >= 0.6 is 11.3 Å². The highest BCUT2D eigenvalue weighted by Crippen LogP contribution is 2.20. The van der Waals surface area contributed by atoms with Crippen LogP contribution in [0.3, 0.4) is 0 Å². The Morgan fingerprint density at radius 3 is 2.82 bits per heavy atom. The predicted octanol–water partition coefficient (Wildman–Crippen LogP) is 3.26. The average molecular weight is 317 g/mol. The molecular formula is C17H23N3OS. The summed E-state index contributed by atoms with van der Waals surface area (Å²) in [5.74, 6) is 0.0300. The Labute approximate surface area is 136 Å². The largest absolute Gasteiger partial charge is 0.345 e. The summed E-state index contributed by atoms with van der Waals surface area (Å²) in [7, 11) is 3.53. The van der Waals surface area contributed by atoms with Crippen molar-refractivity contribution in [3.05, 3.63) is 51.5 Å². The van der Waals surface area contributed by atoms with Gasteiger partial charge in [-0.3, -0.25) is 4.79 Å². The zero-order chi connectivity index (χ0) is 16.1. The summed E-state index contributed by atoms with van der Waals surface area (Å²) < 4.78 is 0. The van der Waals surface area contributed by atoms with Gasteiger partial charge < -0.3 is 10.2 Å². The van der Waals surface area contributed by atoms with Crippen LogP contribution in [0.1, 0.15) is 45.7 Å². The van der Waals surface area contributed by atoms with Crippen LogP contribution in [0.4, 0.5) is 0 Å². The van der Waals surface area contributed by atoms with Crippen molar-refractivity contribution in [1.29, 1.82) is 0 Å². The molecule has 0 fully saturated rings. The van der Waals surface area contributed by atoms with Gasteiger partial charge in [0.05, 0.1) is 6.04 Å². The molecule has 1 N–H and O–H groups in total. The number of aromatic nitrogens is 1. The van der Waals surface area contributed by atoms with Gasteiger partial charge in [-0.2, -0.15) is 0 Å². The fourth-order valence-electron chi connectivity index (χ4n) is 2.12. The molecule has 1 heterocycles. The first-order chi connectivity index (χ1) is 10.5. The second-order valence-corrected chi connectivity index (χ2v) is 6.67. The van der Waals surface area contributed by atoms with Gasteiger partial charge in [-0.1, -0.05) is 19.1 Å². The summed E-state index contributed by atoms with van der Waals surface area (Å²) in [4.78, 5) is 19.4. The average Bonchev–Trinajstić information content (AvgIpc) is 3.01. The smallest absolute Gasteiger partial charge is 0.253 e. The molecule has 5 heteroatoms. The summed E-state index contributed by atoms with van der Waals surface area (Å²) >= 11 is 1.75. The summed E-state index contributed by atoms with van der Waals surface area (Å²) in [6.07, 6.45) is 2.98. The van der Waals surface area contributed by atoms with Gasteiger partial charge in [0, 0.05) is 37.3 Å². The zero-order valence-electron chi connectivity index (χ0n) is 13.6. The van der Waals surface area contributed by atoms with Gasteiger partial charge in [0.1, 0.15) is 5.01 Å². The van der Waals surface area contributed by atoms with Gasteiger partial charge in [-0.25, -0.2) is 4.98 Å². The lowest BCUT2D eigenvalue weighted by Gasteiger charge is -2.13. The summed E-state index contributed by atoms with van der Waals surface area (Å²) in [5, 5.41) is 4.58. The van der Waals surface area contributed by atoms with Crippen LogP contribution in [-0.2, 0) is 13.0 Å². The highest BCUT2D eigenvalue weighted by Gasteiger charge is 2.11. The fourth-order valence-corrected chi connectivity index (χ4v) is 3.00. The predicted molar refractivity (Wildman–Crippen MR) is 91.2 cm³/mol. The number of carbonyl (C=O) groups excluding carboxylic acids is 1. The molecule has 118 valence electrons. The number of carbonyl (C=O) groups is 1. The second kappa shape index (κ2) is 7.51. The maximum absolute atomic E-state index is 12.0. The highest BCUT2D eigenvalue weighted by molar-refractivity contribution is 7.11. The standard InChI is InChI=1S/C17H23N3OS/c1-5-15-11-19-16(22-15)12(2)18-10-13-7-6-8-14(9-13)17(21)20(3)4/h6-9,11-12,18H,5,10H2,1-4H3. The number of nitrogens with zero attached hydrogens (tertiary/aromatic N) is 2. The molecular weight excluding hydrogens is 294 g/mol. The molecule has 0 saturated carbocycles. The van der Waals surface area contributed by atoms with E-state index < -0.39 is 0 Å². The molecule has 0 saturated heterocycles. The molecule has 0 spiro atoms. The van der Waals surface area contributed by atoms with Crippen LogP contribution in [0, 0.1) is 0 Å². The maximum Gasteiger partial charge on any atom is 0.253 e. The van der Waals surface area contributed by atoms with Gasteiger partial charge in [-0.15, -0.1) is 11.3 Å². The fraction of sp³-hybridized carbons (Fsp3) is 0.412. The molecule has 1 aromatic carbocycles. The SMILES string of the molecule is CCc1cnc(C(C)NCc2cccc(C(=O)N(C)C)c2)s1. The van der Waals surface area contributed by atoms with Crippen molar-refractivity contribution < 1.29 is 4.79 Å². The first-order valence-corrected chi connectivity index (χ1v) is 8.31. The van der Waals surface area contributed by atoms with Crippen LogP contribution in [0.15, 0.2) is 30.5 Å². The Morgan fingerprint density at radius 2 is 2.18 bits per heavy atom. The number of aryl methyl sites for hydroxylation is 1. The van der Waals surface area contributed by atoms with Gasteiger partial charge >= 0.3 is 0 Å². The quantitative estimate of drug-likeness (QED) is 0.889. The molecule has 1 amide bonds. The molecule has 0 aliphatic heterocycles. The van der Waals surface area contributed by atoms with E-state index in [9.17, 15) is 4.79 Å². The van der Waals surface area contributed by atoms with E-state index in [4.69, 9.17) is 0 Å². The highest BCUT2D eigenvalue weighted by atomic mass is 32.1. The summed E-state index contributed by atoms with van der Waals surface area (Å²) in [6.45, 7) is 4.98. The van der Waals surface area contributed by atoms with Crippen LogP contribution < -0.4 is 5.32 Å². The van der Waals surface area contributed by atoms with Gasteiger partial charge in [0.25, 0.3) is 5.91 Å². The second-order valence-electron chi connectivity index (χ2n) is 5.52. The van der Waals surface area contributed by atoms with Crippen LogP contribution in [0.25, 0.3) is 0 Å². The lowest BCUT2D eigenvalue weighted by Crippen LogP contribution is -2.22. The minimum atomic E-state index is 0.0300. The van der Waals surface area contributed by atoms with Crippen molar-refractivity contribution in [3.8, 4) is 0 Å². The van der Waals surface area contributed by atoms with Gasteiger partial charge in [0.2, 0.25) is 0 Å². The molecule has 2 aromatic rings. The number of thiazole rings is 1. The number of amides is 1. The number of benzene rings is 1. The van der Waals surface area contributed by atoms with Crippen molar-refractivity contribution in [3.63, 3.8) is 0 Å². The Bertz CT molecular complexity index is 636. The van der Waals surface area contributed by atoms with Crippen molar-refractivity contribution >= 4 is 17.2 Å². The zero-order valence-corrected chi connectivity index (χ0v) is 14.4. The maximum atomic E-state index is 12.0.